The molecule has 0 amide bonds. The highest BCUT2D eigenvalue weighted by Gasteiger charge is 1.90. The van der Waals surface area contributed by atoms with Gasteiger partial charge in [-0.3, -0.25) is 0 Å². The number of unbranched alkanes of at least 4 members (excludes halogenated alkanes) is 9. The highest BCUT2D eigenvalue weighted by Crippen LogP contribution is 2.09. The monoisotopic (exact) mass is 264 g/mol. The number of hydrogen-bond acceptors (Lipinski definition) is 1. The van der Waals surface area contributed by atoms with Crippen LogP contribution >= 0.6 is 0 Å². The Morgan fingerprint density at radius 1 is 0.737 bits per heavy atom. The van der Waals surface area contributed by atoms with Crippen LogP contribution in [0, 0.1) is 11.8 Å². The molecule has 1 heteroatoms. The normalized spacial score (nSPS) is 10.6. The maximum Gasteiger partial charge on any atom is 0.0540 e. The van der Waals surface area contributed by atoms with E-state index in [4.69, 9.17) is 5.11 Å². The van der Waals surface area contributed by atoms with E-state index in [2.05, 4.69) is 30.9 Å². The van der Waals surface area contributed by atoms with Gasteiger partial charge in [0, 0.05) is 12.8 Å². The van der Waals surface area contributed by atoms with E-state index in [-0.39, 0.29) is 6.61 Å². The van der Waals surface area contributed by atoms with Crippen molar-refractivity contribution in [3.8, 4) is 11.8 Å². The molecule has 0 heterocycles. The van der Waals surface area contributed by atoms with E-state index < -0.39 is 0 Å². The van der Waals surface area contributed by atoms with Crippen molar-refractivity contribution < 1.29 is 5.11 Å². The van der Waals surface area contributed by atoms with Gasteiger partial charge in [0.05, 0.1) is 6.61 Å². The Morgan fingerprint density at radius 2 is 1.32 bits per heavy atom. The van der Waals surface area contributed by atoms with E-state index in [1.807, 2.05) is 0 Å². The Morgan fingerprint density at radius 3 is 2.00 bits per heavy atom. The van der Waals surface area contributed by atoms with Gasteiger partial charge in [-0.25, -0.2) is 0 Å². The van der Waals surface area contributed by atoms with Crippen LogP contribution in [0.5, 0.6) is 0 Å². The van der Waals surface area contributed by atoms with Crippen molar-refractivity contribution in [1.82, 2.24) is 0 Å². The maximum atomic E-state index is 8.56. The number of aliphatic hydroxyl groups is 1. The van der Waals surface area contributed by atoms with Gasteiger partial charge in [0.15, 0.2) is 0 Å². The lowest BCUT2D eigenvalue weighted by Crippen LogP contribution is -1.80. The largest absolute Gasteiger partial charge is 0.395 e. The van der Waals surface area contributed by atoms with Crippen LogP contribution in [0.3, 0.4) is 0 Å². The molecule has 0 saturated heterocycles. The molecular formula is C18H32O. The van der Waals surface area contributed by atoms with Crippen molar-refractivity contribution in [1.29, 1.82) is 0 Å². The lowest BCUT2D eigenvalue weighted by atomic mass is 10.1. The summed E-state index contributed by atoms with van der Waals surface area (Å²) in [6.45, 7) is 2.44. The SMILES string of the molecule is CCCC/C=C\CCCCCCCCC#CCCO. The van der Waals surface area contributed by atoms with Crippen molar-refractivity contribution in [2.24, 2.45) is 0 Å². The first-order valence-corrected chi connectivity index (χ1v) is 8.13. The van der Waals surface area contributed by atoms with E-state index in [1.54, 1.807) is 0 Å². The molecule has 1 nitrogen and oxygen atoms in total. The second-order valence-electron chi connectivity index (χ2n) is 5.10. The maximum absolute atomic E-state index is 8.56. The molecule has 19 heavy (non-hydrogen) atoms. The minimum Gasteiger partial charge on any atom is -0.395 e. The van der Waals surface area contributed by atoms with Crippen LogP contribution in [0.2, 0.25) is 0 Å². The molecule has 0 atom stereocenters. The smallest absolute Gasteiger partial charge is 0.0540 e. The molecule has 0 unspecified atom stereocenters. The highest BCUT2D eigenvalue weighted by molar-refractivity contribution is 4.98. The van der Waals surface area contributed by atoms with Crippen molar-refractivity contribution in [3.05, 3.63) is 12.2 Å². The quantitative estimate of drug-likeness (QED) is 0.290. The molecule has 0 aromatic rings. The Balaban J connectivity index is 3.07. The van der Waals surface area contributed by atoms with Crippen LogP contribution < -0.4 is 0 Å². The molecule has 0 saturated carbocycles. The minimum atomic E-state index is 0.194. The molecule has 0 aromatic carbocycles. The fourth-order valence-electron chi connectivity index (χ4n) is 1.97. The second kappa shape index (κ2) is 17.3. The standard InChI is InChI=1S/C18H32O/c1-2-3-4-5-6-7-8-9-10-11-12-13-14-15-16-17-18-19/h5-6,19H,2-4,7-14,17-18H2,1H3/b6-5-. The number of hydrogen-bond donors (Lipinski definition) is 1. The third-order valence-electron chi connectivity index (χ3n) is 3.18. The van der Waals surface area contributed by atoms with E-state index in [0.29, 0.717) is 6.42 Å². The van der Waals surface area contributed by atoms with Gasteiger partial charge < -0.3 is 5.11 Å². The summed E-state index contributed by atoms with van der Waals surface area (Å²) in [6, 6.07) is 0. The third-order valence-corrected chi connectivity index (χ3v) is 3.18. The lowest BCUT2D eigenvalue weighted by Gasteiger charge is -1.98. The first-order chi connectivity index (χ1) is 9.41. The van der Waals surface area contributed by atoms with Gasteiger partial charge in [-0.15, -0.1) is 11.8 Å². The predicted octanol–water partition coefficient (Wildman–Crippen LogP) is 5.24. The van der Waals surface area contributed by atoms with Crippen molar-refractivity contribution in [2.45, 2.75) is 84.0 Å². The molecular weight excluding hydrogens is 232 g/mol. The fraction of sp³-hybridized carbons (Fsp3) is 0.778. The lowest BCUT2D eigenvalue weighted by molar-refractivity contribution is 0.305. The zero-order chi connectivity index (χ0) is 14.0. The molecule has 0 aliphatic heterocycles. The van der Waals surface area contributed by atoms with Crippen LogP contribution in [-0.4, -0.2) is 11.7 Å². The number of rotatable bonds is 12. The van der Waals surface area contributed by atoms with Crippen LogP contribution in [-0.2, 0) is 0 Å². The van der Waals surface area contributed by atoms with Gasteiger partial charge >= 0.3 is 0 Å². The second-order valence-corrected chi connectivity index (χ2v) is 5.10. The zero-order valence-electron chi connectivity index (χ0n) is 12.8. The van der Waals surface area contributed by atoms with Gasteiger partial charge in [-0.05, 0) is 25.7 Å². The van der Waals surface area contributed by atoms with Gasteiger partial charge in [0.2, 0.25) is 0 Å². The van der Waals surface area contributed by atoms with Crippen LogP contribution in [0.1, 0.15) is 84.0 Å². The third kappa shape index (κ3) is 17.3. The number of aliphatic hydroxyl groups excluding tert-OH is 1. The summed E-state index contributed by atoms with van der Waals surface area (Å²) in [5.74, 6) is 6.07. The average molecular weight is 264 g/mol. The highest BCUT2D eigenvalue weighted by atomic mass is 16.2. The Hall–Kier alpha value is -0.740. The van der Waals surface area contributed by atoms with Gasteiger partial charge in [0.25, 0.3) is 0 Å². The van der Waals surface area contributed by atoms with Crippen molar-refractivity contribution in [3.63, 3.8) is 0 Å². The van der Waals surface area contributed by atoms with E-state index in [0.717, 1.165) is 6.42 Å². The van der Waals surface area contributed by atoms with Gasteiger partial charge in [-0.1, -0.05) is 57.6 Å². The molecule has 0 fully saturated rings. The van der Waals surface area contributed by atoms with E-state index in [9.17, 15) is 0 Å². The molecule has 0 aliphatic rings. The topological polar surface area (TPSA) is 20.2 Å². The van der Waals surface area contributed by atoms with Crippen molar-refractivity contribution in [2.75, 3.05) is 6.61 Å². The summed E-state index contributed by atoms with van der Waals surface area (Å²) in [6.07, 6.45) is 19.4. The minimum absolute atomic E-state index is 0.194. The summed E-state index contributed by atoms with van der Waals surface area (Å²) < 4.78 is 0. The summed E-state index contributed by atoms with van der Waals surface area (Å²) >= 11 is 0. The summed E-state index contributed by atoms with van der Waals surface area (Å²) in [5.41, 5.74) is 0. The average Bonchev–Trinajstić information content (AvgIpc) is 2.43. The Labute approximate surface area is 120 Å². The molecule has 0 aliphatic carbocycles. The molecule has 0 bridgehead atoms. The molecule has 0 rings (SSSR count). The molecule has 0 spiro atoms. The Kier molecular flexibility index (Phi) is 16.6. The van der Waals surface area contributed by atoms with Crippen molar-refractivity contribution >= 4 is 0 Å². The van der Waals surface area contributed by atoms with Crippen LogP contribution in [0.4, 0.5) is 0 Å². The van der Waals surface area contributed by atoms with Crippen LogP contribution in [0.15, 0.2) is 12.2 Å². The van der Waals surface area contributed by atoms with E-state index >= 15 is 0 Å². The summed E-state index contributed by atoms with van der Waals surface area (Å²) in [7, 11) is 0. The van der Waals surface area contributed by atoms with Gasteiger partial charge in [0.1, 0.15) is 0 Å². The van der Waals surface area contributed by atoms with Gasteiger partial charge in [-0.2, -0.15) is 0 Å². The molecule has 1 N–H and O–H groups in total. The molecule has 0 radical (unpaired) electrons. The fourth-order valence-corrected chi connectivity index (χ4v) is 1.97. The predicted molar refractivity (Wildman–Crippen MR) is 85.1 cm³/mol. The zero-order valence-corrected chi connectivity index (χ0v) is 12.8. The molecule has 0 aromatic heterocycles. The molecule has 110 valence electrons. The number of allylic oxidation sites excluding steroid dienone is 2. The first-order valence-electron chi connectivity index (χ1n) is 8.13. The van der Waals surface area contributed by atoms with E-state index in [1.165, 1.54) is 64.2 Å². The summed E-state index contributed by atoms with van der Waals surface area (Å²) in [5, 5.41) is 8.56. The first kappa shape index (κ1) is 18.3. The van der Waals surface area contributed by atoms with Crippen LogP contribution in [0.25, 0.3) is 0 Å². The summed E-state index contributed by atoms with van der Waals surface area (Å²) in [4.78, 5) is 0. The Bertz CT molecular complexity index is 244.